The maximum atomic E-state index is 11.4. The maximum absolute atomic E-state index is 11.4. The number of alkyl halides is 1. The third-order valence-electron chi connectivity index (χ3n) is 2.42. The molecule has 0 heterocycles. The predicted octanol–water partition coefficient (Wildman–Crippen LogP) is 3.12. The molecule has 1 rings (SSSR count). The second-order valence-electron chi connectivity index (χ2n) is 3.65. The molecule has 2 nitrogen and oxygen atoms in total. The van der Waals surface area contributed by atoms with Crippen molar-refractivity contribution in [3.63, 3.8) is 0 Å². The van der Waals surface area contributed by atoms with Crippen molar-refractivity contribution < 1.29 is 9.53 Å². The van der Waals surface area contributed by atoms with Crippen molar-refractivity contribution in [3.8, 4) is 0 Å². The molecule has 15 heavy (non-hydrogen) atoms. The first-order chi connectivity index (χ1) is 7.29. The van der Waals surface area contributed by atoms with Gasteiger partial charge in [0.2, 0.25) is 0 Å². The first kappa shape index (κ1) is 12.7. The second kappa shape index (κ2) is 7.04. The third kappa shape index (κ3) is 4.82. The Kier molecular flexibility index (Phi) is 5.98. The van der Waals surface area contributed by atoms with E-state index in [2.05, 4.69) is 41.3 Å². The van der Waals surface area contributed by atoms with Crippen molar-refractivity contribution >= 4 is 28.6 Å². The van der Waals surface area contributed by atoms with Gasteiger partial charge in [0, 0.05) is 4.43 Å². The van der Waals surface area contributed by atoms with Gasteiger partial charge in [0.05, 0.1) is 12.5 Å². The second-order valence-corrected chi connectivity index (χ2v) is 4.73. The minimum absolute atomic E-state index is 0.0535. The Morgan fingerprint density at radius 1 is 1.47 bits per heavy atom. The van der Waals surface area contributed by atoms with Gasteiger partial charge in [-0.15, -0.1) is 6.58 Å². The van der Waals surface area contributed by atoms with Crippen LogP contribution in [0.1, 0.15) is 19.3 Å². The maximum Gasteiger partial charge on any atom is 0.309 e. The molecule has 1 aliphatic rings. The summed E-state index contributed by atoms with van der Waals surface area (Å²) >= 11 is 2.34. The lowest BCUT2D eigenvalue weighted by atomic mass is 10.3. The van der Waals surface area contributed by atoms with Gasteiger partial charge in [-0.2, -0.15) is 0 Å². The van der Waals surface area contributed by atoms with Crippen molar-refractivity contribution in [2.45, 2.75) is 19.3 Å². The number of hydrogen-bond donors (Lipinski definition) is 0. The van der Waals surface area contributed by atoms with Crippen molar-refractivity contribution in [1.82, 2.24) is 0 Å². The molecule has 1 aliphatic carbocycles. The van der Waals surface area contributed by atoms with Crippen LogP contribution < -0.4 is 0 Å². The highest BCUT2D eigenvalue weighted by Crippen LogP contribution is 2.40. The number of hydrogen-bond acceptors (Lipinski definition) is 2. The molecule has 0 aliphatic heterocycles. The van der Waals surface area contributed by atoms with E-state index >= 15 is 0 Å². The van der Waals surface area contributed by atoms with Gasteiger partial charge >= 0.3 is 5.97 Å². The van der Waals surface area contributed by atoms with Gasteiger partial charge in [-0.05, 0) is 25.2 Å². The molecular weight excluding hydrogens is 303 g/mol. The molecule has 0 bridgehead atoms. The molecule has 0 amide bonds. The van der Waals surface area contributed by atoms with Crippen LogP contribution in [-0.2, 0) is 9.53 Å². The minimum atomic E-state index is -0.0535. The monoisotopic (exact) mass is 320 g/mol. The van der Waals surface area contributed by atoms with Crippen molar-refractivity contribution in [1.29, 1.82) is 0 Å². The minimum Gasteiger partial charge on any atom is -0.465 e. The van der Waals surface area contributed by atoms with Crippen LogP contribution in [0.2, 0.25) is 0 Å². The Hall–Kier alpha value is -0.320. The molecule has 0 aromatic rings. The van der Waals surface area contributed by atoms with Crippen molar-refractivity contribution in [2.24, 2.45) is 11.8 Å². The average Bonchev–Trinajstić information content (AvgIpc) is 3.02. The smallest absolute Gasteiger partial charge is 0.309 e. The lowest BCUT2D eigenvalue weighted by Gasteiger charge is -2.00. The summed E-state index contributed by atoms with van der Waals surface area (Å²) in [4.78, 5) is 11.4. The number of esters is 1. The molecule has 2 atom stereocenters. The van der Waals surface area contributed by atoms with Crippen LogP contribution in [0.25, 0.3) is 0 Å². The number of rotatable bonds is 7. The highest BCUT2D eigenvalue weighted by atomic mass is 127. The van der Waals surface area contributed by atoms with Crippen molar-refractivity contribution in [2.75, 3.05) is 11.0 Å². The van der Waals surface area contributed by atoms with E-state index in [-0.39, 0.29) is 11.9 Å². The predicted molar refractivity (Wildman–Crippen MR) is 70.0 cm³/mol. The Labute approximate surface area is 105 Å². The fourth-order valence-electron chi connectivity index (χ4n) is 1.38. The zero-order valence-electron chi connectivity index (χ0n) is 8.82. The van der Waals surface area contributed by atoms with Gasteiger partial charge in [0.25, 0.3) is 0 Å². The van der Waals surface area contributed by atoms with E-state index in [0.29, 0.717) is 12.5 Å². The van der Waals surface area contributed by atoms with Crippen LogP contribution >= 0.6 is 22.6 Å². The van der Waals surface area contributed by atoms with Gasteiger partial charge in [-0.1, -0.05) is 40.8 Å². The van der Waals surface area contributed by atoms with E-state index in [4.69, 9.17) is 4.74 Å². The summed E-state index contributed by atoms with van der Waals surface area (Å²) < 4.78 is 6.27. The Balaban J connectivity index is 2.01. The van der Waals surface area contributed by atoms with Gasteiger partial charge < -0.3 is 4.74 Å². The van der Waals surface area contributed by atoms with E-state index < -0.39 is 0 Å². The standard InChI is InChI=1S/C12H17IO2/c1-2-10-9-11(10)12(14)15-8-6-4-3-5-7-13/h2-4,10-11H,1,5-9H2/b4-3-. The van der Waals surface area contributed by atoms with Crippen LogP contribution in [0.4, 0.5) is 0 Å². The molecule has 0 aromatic carbocycles. The molecule has 0 spiro atoms. The summed E-state index contributed by atoms with van der Waals surface area (Å²) in [6.45, 7) is 4.18. The summed E-state index contributed by atoms with van der Waals surface area (Å²) in [6, 6.07) is 0. The molecule has 1 fully saturated rings. The first-order valence-electron chi connectivity index (χ1n) is 5.29. The molecule has 0 saturated heterocycles. The number of carbonyl (C=O) groups is 1. The molecule has 1 saturated carbocycles. The number of halogens is 1. The van der Waals surface area contributed by atoms with Crippen LogP contribution in [0.15, 0.2) is 24.8 Å². The summed E-state index contributed by atoms with van der Waals surface area (Å²) in [5.74, 6) is 0.412. The van der Waals surface area contributed by atoms with Gasteiger partial charge in [-0.3, -0.25) is 4.79 Å². The summed E-state index contributed by atoms with van der Waals surface area (Å²) in [5, 5.41) is 0. The lowest BCUT2D eigenvalue weighted by molar-refractivity contribution is -0.145. The zero-order chi connectivity index (χ0) is 11.1. The Morgan fingerprint density at radius 2 is 2.20 bits per heavy atom. The zero-order valence-corrected chi connectivity index (χ0v) is 11.0. The molecule has 0 N–H and O–H groups in total. The first-order valence-corrected chi connectivity index (χ1v) is 6.82. The Morgan fingerprint density at radius 3 is 2.80 bits per heavy atom. The molecule has 2 unspecified atom stereocenters. The van der Waals surface area contributed by atoms with Crippen LogP contribution in [-0.4, -0.2) is 17.0 Å². The number of allylic oxidation sites excluding steroid dienone is 2. The highest BCUT2D eigenvalue weighted by Gasteiger charge is 2.41. The molecule has 3 heteroatoms. The molecular formula is C12H17IO2. The van der Waals surface area contributed by atoms with Crippen LogP contribution in [0.5, 0.6) is 0 Å². The molecule has 0 radical (unpaired) electrons. The van der Waals surface area contributed by atoms with Crippen molar-refractivity contribution in [3.05, 3.63) is 24.8 Å². The summed E-state index contributed by atoms with van der Waals surface area (Å²) in [7, 11) is 0. The van der Waals surface area contributed by atoms with E-state index in [9.17, 15) is 4.79 Å². The summed E-state index contributed by atoms with van der Waals surface area (Å²) in [5.41, 5.74) is 0. The normalized spacial score (nSPS) is 24.1. The van der Waals surface area contributed by atoms with E-state index in [1.807, 2.05) is 6.08 Å². The third-order valence-corrected chi connectivity index (χ3v) is 3.04. The van der Waals surface area contributed by atoms with E-state index in [1.165, 1.54) is 0 Å². The quantitative estimate of drug-likeness (QED) is 0.237. The van der Waals surface area contributed by atoms with Crippen LogP contribution in [0.3, 0.4) is 0 Å². The molecule has 0 aromatic heterocycles. The van der Waals surface area contributed by atoms with Gasteiger partial charge in [0.15, 0.2) is 0 Å². The number of carbonyl (C=O) groups excluding carboxylic acids is 1. The molecule has 84 valence electrons. The van der Waals surface area contributed by atoms with E-state index in [1.54, 1.807) is 0 Å². The average molecular weight is 320 g/mol. The highest BCUT2D eigenvalue weighted by molar-refractivity contribution is 14.1. The summed E-state index contributed by atoms with van der Waals surface area (Å²) in [6.07, 6.45) is 8.89. The van der Waals surface area contributed by atoms with E-state index in [0.717, 1.165) is 23.7 Å². The largest absolute Gasteiger partial charge is 0.465 e. The van der Waals surface area contributed by atoms with Crippen LogP contribution in [0, 0.1) is 11.8 Å². The number of ether oxygens (including phenoxy) is 1. The Bertz CT molecular complexity index is 248. The fourth-order valence-corrected chi connectivity index (χ4v) is 1.74. The topological polar surface area (TPSA) is 26.3 Å². The SMILES string of the molecule is C=CC1CC1C(=O)OCC/C=C\CCI. The van der Waals surface area contributed by atoms with Gasteiger partial charge in [-0.25, -0.2) is 0 Å². The van der Waals surface area contributed by atoms with Gasteiger partial charge in [0.1, 0.15) is 0 Å². The lowest BCUT2D eigenvalue weighted by Crippen LogP contribution is -2.08. The fraction of sp³-hybridized carbons (Fsp3) is 0.583.